The number of benzene rings is 1. The van der Waals surface area contributed by atoms with Crippen LogP contribution in [-0.4, -0.2) is 64.1 Å². The topological polar surface area (TPSA) is 98.0 Å². The molecule has 0 aliphatic carbocycles. The summed E-state index contributed by atoms with van der Waals surface area (Å²) < 4.78 is 14.7. The second kappa shape index (κ2) is 11.8. The van der Waals surface area contributed by atoms with Gasteiger partial charge in [0, 0.05) is 39.7 Å². The quantitative estimate of drug-likeness (QED) is 0.356. The summed E-state index contributed by atoms with van der Waals surface area (Å²) in [4.78, 5) is 19.8. The molecule has 1 aromatic carbocycles. The summed E-state index contributed by atoms with van der Waals surface area (Å²) in [6, 6.07) is 2.94. The summed E-state index contributed by atoms with van der Waals surface area (Å²) in [5.41, 5.74) is 7.11. The second-order valence-electron chi connectivity index (χ2n) is 6.46. The van der Waals surface area contributed by atoms with E-state index in [1.807, 2.05) is 30.8 Å². The van der Waals surface area contributed by atoms with Crippen LogP contribution >= 0.6 is 0 Å². The molecule has 0 fully saturated rings. The Balaban J connectivity index is 3.14. The van der Waals surface area contributed by atoms with Crippen LogP contribution in [0.1, 0.15) is 13.8 Å². The van der Waals surface area contributed by atoms with Gasteiger partial charge in [0.2, 0.25) is 5.91 Å². The number of nitrogens with two attached hydrogens (primary N) is 1. The van der Waals surface area contributed by atoms with Crippen LogP contribution < -0.4 is 26.6 Å². The minimum atomic E-state index is -0.476. The maximum absolute atomic E-state index is 14.7. The fourth-order valence-electron chi connectivity index (χ4n) is 2.48. The van der Waals surface area contributed by atoms with Gasteiger partial charge in [-0.05, 0) is 39.4 Å². The number of hydrogen-bond donors (Lipinski definition) is 4. The van der Waals surface area contributed by atoms with E-state index >= 15 is 0 Å². The molecule has 28 heavy (non-hydrogen) atoms. The molecule has 0 aromatic heterocycles. The number of carbonyl (C=O) groups is 1. The number of halogens is 1. The molecule has 1 aromatic rings. The summed E-state index contributed by atoms with van der Waals surface area (Å²) in [5, 5.41) is 8.38. The van der Waals surface area contributed by atoms with Crippen molar-refractivity contribution in [2.24, 2.45) is 10.7 Å². The highest BCUT2D eigenvalue weighted by Gasteiger charge is 2.16. The molecule has 0 aliphatic heterocycles. The SMILES string of the molecule is CCN(CCN(C)C)c1cc(F)c(NC(N)=NC/C=C/NC)cc1NC(C)=O. The first-order valence-electron chi connectivity index (χ1n) is 9.18. The van der Waals surface area contributed by atoms with Gasteiger partial charge < -0.3 is 31.5 Å². The molecule has 9 heteroatoms. The Morgan fingerprint density at radius 1 is 1.25 bits per heavy atom. The van der Waals surface area contributed by atoms with E-state index in [9.17, 15) is 9.18 Å². The molecule has 0 saturated heterocycles. The van der Waals surface area contributed by atoms with Crippen molar-refractivity contribution in [2.45, 2.75) is 13.8 Å². The highest BCUT2D eigenvalue weighted by atomic mass is 19.1. The standard InChI is InChI=1S/C19H32FN7O/c1-6-27(11-10-26(4)5)18-12-15(20)16(13-17(18)24-14(2)28)25-19(21)23-9-7-8-22-3/h7-8,12-13,22H,6,9-11H2,1-5H3,(H,24,28)(H3,21,23,25)/b8-7+. The molecule has 156 valence electrons. The third kappa shape index (κ3) is 7.83. The van der Waals surface area contributed by atoms with Crippen molar-refractivity contribution >= 4 is 28.9 Å². The molecule has 0 saturated carbocycles. The number of aliphatic imine (C=N–C) groups is 1. The number of amides is 1. The van der Waals surface area contributed by atoms with Gasteiger partial charge in [0.1, 0.15) is 5.82 Å². The van der Waals surface area contributed by atoms with Gasteiger partial charge in [-0.1, -0.05) is 0 Å². The molecular weight excluding hydrogens is 361 g/mol. The Hall–Kier alpha value is -2.81. The molecule has 0 spiro atoms. The van der Waals surface area contributed by atoms with Crippen molar-refractivity contribution in [2.75, 3.05) is 62.9 Å². The van der Waals surface area contributed by atoms with Gasteiger partial charge in [-0.2, -0.15) is 0 Å². The third-order valence-electron chi connectivity index (χ3n) is 3.85. The van der Waals surface area contributed by atoms with Crippen molar-refractivity contribution in [1.82, 2.24) is 10.2 Å². The molecule has 5 N–H and O–H groups in total. The zero-order valence-corrected chi connectivity index (χ0v) is 17.3. The van der Waals surface area contributed by atoms with Crippen LogP contribution in [-0.2, 0) is 4.79 Å². The normalized spacial score (nSPS) is 11.8. The van der Waals surface area contributed by atoms with Crippen LogP contribution in [0.2, 0.25) is 0 Å². The van der Waals surface area contributed by atoms with Crippen LogP contribution in [0.15, 0.2) is 29.4 Å². The first kappa shape index (κ1) is 23.2. The molecule has 0 unspecified atom stereocenters. The molecule has 0 bridgehead atoms. The van der Waals surface area contributed by atoms with E-state index < -0.39 is 5.82 Å². The average Bonchev–Trinajstić information content (AvgIpc) is 2.62. The molecule has 0 aliphatic rings. The fraction of sp³-hybridized carbons (Fsp3) is 0.474. The lowest BCUT2D eigenvalue weighted by molar-refractivity contribution is -0.114. The smallest absolute Gasteiger partial charge is 0.221 e. The summed E-state index contributed by atoms with van der Waals surface area (Å²) in [6.45, 7) is 5.93. The van der Waals surface area contributed by atoms with Crippen molar-refractivity contribution in [3.8, 4) is 0 Å². The van der Waals surface area contributed by atoms with Gasteiger partial charge in [-0.15, -0.1) is 0 Å². The van der Waals surface area contributed by atoms with E-state index in [0.717, 1.165) is 6.54 Å². The summed E-state index contributed by atoms with van der Waals surface area (Å²) in [6.07, 6.45) is 3.51. The summed E-state index contributed by atoms with van der Waals surface area (Å²) >= 11 is 0. The molecule has 1 amide bonds. The first-order valence-corrected chi connectivity index (χ1v) is 9.18. The van der Waals surface area contributed by atoms with Gasteiger partial charge in [0.25, 0.3) is 0 Å². The number of likely N-dealkylation sites (N-methyl/N-ethyl adjacent to an activating group) is 2. The molecular formula is C19H32FN7O. The number of hydrogen-bond acceptors (Lipinski definition) is 5. The van der Waals surface area contributed by atoms with Gasteiger partial charge >= 0.3 is 0 Å². The zero-order valence-electron chi connectivity index (χ0n) is 17.3. The molecule has 0 heterocycles. The van der Waals surface area contributed by atoms with Crippen molar-refractivity contribution < 1.29 is 9.18 Å². The highest BCUT2D eigenvalue weighted by Crippen LogP contribution is 2.32. The Morgan fingerprint density at radius 2 is 1.96 bits per heavy atom. The second-order valence-corrected chi connectivity index (χ2v) is 6.46. The Morgan fingerprint density at radius 3 is 2.54 bits per heavy atom. The lowest BCUT2D eigenvalue weighted by Crippen LogP contribution is -2.32. The van der Waals surface area contributed by atoms with Gasteiger partial charge in [0.15, 0.2) is 5.96 Å². The molecule has 0 atom stereocenters. The van der Waals surface area contributed by atoms with E-state index in [4.69, 9.17) is 5.73 Å². The van der Waals surface area contributed by atoms with Crippen molar-refractivity contribution in [1.29, 1.82) is 0 Å². The number of anilines is 3. The number of nitrogens with zero attached hydrogens (tertiary/aromatic N) is 3. The number of rotatable bonds is 10. The Kier molecular flexibility index (Phi) is 9.80. The zero-order chi connectivity index (χ0) is 21.1. The number of carbonyl (C=O) groups excluding carboxylic acids is 1. The molecule has 1 rings (SSSR count). The predicted molar refractivity (Wildman–Crippen MR) is 115 cm³/mol. The van der Waals surface area contributed by atoms with E-state index in [1.54, 1.807) is 19.3 Å². The third-order valence-corrected chi connectivity index (χ3v) is 3.85. The molecule has 0 radical (unpaired) electrons. The van der Waals surface area contributed by atoms with Crippen LogP contribution in [0, 0.1) is 5.82 Å². The largest absolute Gasteiger partial charge is 0.394 e. The predicted octanol–water partition coefficient (Wildman–Crippen LogP) is 1.63. The van der Waals surface area contributed by atoms with E-state index in [2.05, 4.69) is 20.9 Å². The minimum absolute atomic E-state index is 0.0844. The Bertz CT molecular complexity index is 704. The van der Waals surface area contributed by atoms with E-state index in [0.29, 0.717) is 31.0 Å². The van der Waals surface area contributed by atoms with Crippen molar-refractivity contribution in [3.05, 3.63) is 30.2 Å². The first-order chi connectivity index (χ1) is 13.3. The van der Waals surface area contributed by atoms with Crippen molar-refractivity contribution in [3.63, 3.8) is 0 Å². The van der Waals surface area contributed by atoms with Gasteiger partial charge in [0.05, 0.1) is 23.6 Å². The monoisotopic (exact) mass is 393 g/mol. The van der Waals surface area contributed by atoms with E-state index in [-0.39, 0.29) is 17.6 Å². The maximum Gasteiger partial charge on any atom is 0.221 e. The molecule has 8 nitrogen and oxygen atoms in total. The van der Waals surface area contributed by atoms with E-state index in [1.165, 1.54) is 19.1 Å². The highest BCUT2D eigenvalue weighted by molar-refractivity contribution is 5.97. The number of nitrogens with one attached hydrogen (secondary N) is 3. The van der Waals surface area contributed by atoms with Gasteiger partial charge in [-0.25, -0.2) is 9.38 Å². The van der Waals surface area contributed by atoms with Crippen LogP contribution in [0.25, 0.3) is 0 Å². The van der Waals surface area contributed by atoms with Crippen LogP contribution in [0.5, 0.6) is 0 Å². The summed E-state index contributed by atoms with van der Waals surface area (Å²) in [7, 11) is 5.73. The fourth-order valence-corrected chi connectivity index (χ4v) is 2.48. The summed E-state index contributed by atoms with van der Waals surface area (Å²) in [5.74, 6) is -0.626. The Labute approximate surface area is 166 Å². The lowest BCUT2D eigenvalue weighted by atomic mass is 10.2. The average molecular weight is 394 g/mol. The van der Waals surface area contributed by atoms with Crippen LogP contribution in [0.4, 0.5) is 21.5 Å². The maximum atomic E-state index is 14.7. The lowest BCUT2D eigenvalue weighted by Gasteiger charge is -2.27. The van der Waals surface area contributed by atoms with Crippen LogP contribution in [0.3, 0.4) is 0 Å². The minimum Gasteiger partial charge on any atom is -0.394 e. The number of guanidine groups is 1. The van der Waals surface area contributed by atoms with Gasteiger partial charge in [-0.3, -0.25) is 4.79 Å².